The Morgan fingerprint density at radius 3 is 2.76 bits per heavy atom. The molecule has 1 saturated heterocycles. The molecule has 0 atom stereocenters. The van der Waals surface area contributed by atoms with Crippen molar-refractivity contribution in [2.45, 2.75) is 17.1 Å². The van der Waals surface area contributed by atoms with Crippen LogP contribution >= 0.6 is 11.3 Å². The number of nitrogens with one attached hydrogen (secondary N) is 1. The molecule has 3 rings (SSSR count). The molecule has 2 aromatic rings. The Balaban J connectivity index is 1.45. The summed E-state index contributed by atoms with van der Waals surface area (Å²) >= 11 is 1.21. The number of carbonyl (C=O) groups excluding carboxylic acids is 1. The number of piperidine rings is 1. The van der Waals surface area contributed by atoms with E-state index in [9.17, 15) is 13.2 Å². The summed E-state index contributed by atoms with van der Waals surface area (Å²) in [4.78, 5) is 13.9. The molecule has 6 nitrogen and oxygen atoms in total. The van der Waals surface area contributed by atoms with E-state index in [2.05, 4.69) is 4.72 Å². The van der Waals surface area contributed by atoms with E-state index in [1.807, 2.05) is 0 Å². The molecule has 0 unspecified atom stereocenters. The zero-order valence-corrected chi connectivity index (χ0v) is 15.3. The van der Waals surface area contributed by atoms with Crippen LogP contribution in [0.25, 0.3) is 6.08 Å². The Bertz CT molecular complexity index is 803. The fourth-order valence-corrected chi connectivity index (χ4v) is 4.87. The van der Waals surface area contributed by atoms with Crippen molar-refractivity contribution in [1.29, 1.82) is 0 Å². The van der Waals surface area contributed by atoms with Crippen molar-refractivity contribution in [3.8, 4) is 0 Å². The third kappa shape index (κ3) is 4.81. The number of hydrogen-bond donors (Lipinski definition) is 1. The van der Waals surface area contributed by atoms with Crippen molar-refractivity contribution in [3.05, 3.63) is 47.7 Å². The number of thiophene rings is 1. The van der Waals surface area contributed by atoms with Crippen LogP contribution in [0.15, 0.2) is 50.6 Å². The van der Waals surface area contributed by atoms with Crippen molar-refractivity contribution in [2.24, 2.45) is 5.92 Å². The second kappa shape index (κ2) is 7.99. The Hall–Kier alpha value is -1.90. The molecule has 25 heavy (non-hydrogen) atoms. The van der Waals surface area contributed by atoms with Gasteiger partial charge in [-0.1, -0.05) is 6.07 Å². The van der Waals surface area contributed by atoms with Gasteiger partial charge in [0, 0.05) is 25.7 Å². The van der Waals surface area contributed by atoms with Gasteiger partial charge in [-0.3, -0.25) is 4.79 Å². The topological polar surface area (TPSA) is 79.6 Å². The predicted molar refractivity (Wildman–Crippen MR) is 96.6 cm³/mol. The molecule has 8 heteroatoms. The summed E-state index contributed by atoms with van der Waals surface area (Å²) in [5, 5.41) is 1.74. The molecule has 0 aromatic carbocycles. The molecule has 0 bridgehead atoms. The molecule has 0 saturated carbocycles. The van der Waals surface area contributed by atoms with Gasteiger partial charge in [-0.05, 0) is 48.4 Å². The minimum absolute atomic E-state index is 0.0472. The van der Waals surface area contributed by atoms with Crippen molar-refractivity contribution in [2.75, 3.05) is 19.6 Å². The monoisotopic (exact) mass is 380 g/mol. The second-order valence-electron chi connectivity index (χ2n) is 5.90. The van der Waals surface area contributed by atoms with Crippen LogP contribution in [-0.4, -0.2) is 38.9 Å². The largest absolute Gasteiger partial charge is 0.465 e. The van der Waals surface area contributed by atoms with E-state index in [0.29, 0.717) is 29.6 Å². The Kier molecular flexibility index (Phi) is 5.72. The van der Waals surface area contributed by atoms with Crippen molar-refractivity contribution >= 4 is 33.3 Å². The third-order valence-electron chi connectivity index (χ3n) is 4.18. The highest BCUT2D eigenvalue weighted by Gasteiger charge is 2.23. The molecule has 1 N–H and O–H groups in total. The maximum Gasteiger partial charge on any atom is 0.250 e. The summed E-state index contributed by atoms with van der Waals surface area (Å²) < 4.78 is 32.4. The van der Waals surface area contributed by atoms with Crippen LogP contribution in [0.1, 0.15) is 18.6 Å². The highest BCUT2D eigenvalue weighted by atomic mass is 32.2. The number of hydrogen-bond acceptors (Lipinski definition) is 5. The van der Waals surface area contributed by atoms with Gasteiger partial charge < -0.3 is 9.32 Å². The Morgan fingerprint density at radius 1 is 1.32 bits per heavy atom. The van der Waals surface area contributed by atoms with E-state index >= 15 is 0 Å². The maximum atomic E-state index is 12.2. The summed E-state index contributed by atoms with van der Waals surface area (Å²) in [5.41, 5.74) is 0. The molecule has 2 aromatic heterocycles. The number of likely N-dealkylation sites (tertiary alicyclic amines) is 1. The van der Waals surface area contributed by atoms with Crippen LogP contribution in [0, 0.1) is 5.92 Å². The highest BCUT2D eigenvalue weighted by molar-refractivity contribution is 7.91. The number of sulfonamides is 1. The minimum atomic E-state index is -3.41. The normalized spacial score (nSPS) is 16.6. The number of amides is 1. The van der Waals surface area contributed by atoms with Gasteiger partial charge in [0.05, 0.1) is 6.26 Å². The lowest BCUT2D eigenvalue weighted by molar-refractivity contribution is -0.127. The first-order valence-corrected chi connectivity index (χ1v) is 10.4. The maximum absolute atomic E-state index is 12.2. The molecule has 3 heterocycles. The molecule has 1 aliphatic heterocycles. The SMILES string of the molecule is O=C(/C=C/c1ccco1)N1CCC(CNS(=O)(=O)c2cccs2)CC1. The van der Waals surface area contributed by atoms with Gasteiger partial charge in [0.2, 0.25) is 15.9 Å². The Morgan fingerprint density at radius 2 is 2.12 bits per heavy atom. The lowest BCUT2D eigenvalue weighted by Crippen LogP contribution is -2.40. The predicted octanol–water partition coefficient (Wildman–Crippen LogP) is 2.57. The lowest BCUT2D eigenvalue weighted by atomic mass is 9.97. The smallest absolute Gasteiger partial charge is 0.250 e. The van der Waals surface area contributed by atoms with Crippen LogP contribution in [0.4, 0.5) is 0 Å². The van der Waals surface area contributed by atoms with Gasteiger partial charge in [-0.15, -0.1) is 11.3 Å². The van der Waals surface area contributed by atoms with E-state index in [0.717, 1.165) is 12.8 Å². The van der Waals surface area contributed by atoms with Gasteiger partial charge in [0.15, 0.2) is 0 Å². The van der Waals surface area contributed by atoms with Gasteiger partial charge in [-0.25, -0.2) is 13.1 Å². The first kappa shape index (κ1) is 17.9. The van der Waals surface area contributed by atoms with Crippen molar-refractivity contribution in [3.63, 3.8) is 0 Å². The fraction of sp³-hybridized carbons (Fsp3) is 0.353. The molecule has 1 fully saturated rings. The standard InChI is InChI=1S/C17H20N2O4S2/c20-16(6-5-15-3-1-11-23-15)19-9-7-14(8-10-19)13-18-25(21,22)17-4-2-12-24-17/h1-6,11-12,14,18H,7-10,13H2/b6-5+. The van der Waals surface area contributed by atoms with E-state index in [4.69, 9.17) is 4.42 Å². The number of rotatable bonds is 6. The first-order chi connectivity index (χ1) is 12.0. The summed E-state index contributed by atoms with van der Waals surface area (Å²) in [6.07, 6.45) is 6.30. The number of nitrogens with zero attached hydrogens (tertiary/aromatic N) is 1. The van der Waals surface area contributed by atoms with Gasteiger partial charge in [-0.2, -0.15) is 0 Å². The average Bonchev–Trinajstić information content (AvgIpc) is 3.32. The van der Waals surface area contributed by atoms with Crippen LogP contribution in [-0.2, 0) is 14.8 Å². The summed E-state index contributed by atoms with van der Waals surface area (Å²) in [5.74, 6) is 0.841. The van der Waals surface area contributed by atoms with Crippen LogP contribution < -0.4 is 4.72 Å². The molecule has 0 aliphatic carbocycles. The molecule has 1 amide bonds. The van der Waals surface area contributed by atoms with Crippen LogP contribution in [0.3, 0.4) is 0 Å². The minimum Gasteiger partial charge on any atom is -0.465 e. The highest BCUT2D eigenvalue weighted by Crippen LogP contribution is 2.19. The molecule has 1 aliphatic rings. The molecule has 0 radical (unpaired) electrons. The van der Waals surface area contributed by atoms with Crippen LogP contribution in [0.5, 0.6) is 0 Å². The first-order valence-electron chi connectivity index (χ1n) is 8.08. The number of carbonyl (C=O) groups is 1. The van der Waals surface area contributed by atoms with E-state index < -0.39 is 10.0 Å². The molecule has 134 valence electrons. The van der Waals surface area contributed by atoms with Crippen molar-refractivity contribution in [1.82, 2.24) is 9.62 Å². The van der Waals surface area contributed by atoms with Crippen molar-refractivity contribution < 1.29 is 17.6 Å². The summed E-state index contributed by atoms with van der Waals surface area (Å²) in [6.45, 7) is 1.67. The van der Waals surface area contributed by atoms with Gasteiger partial charge in [0.25, 0.3) is 0 Å². The van der Waals surface area contributed by atoms with Gasteiger partial charge >= 0.3 is 0 Å². The average molecular weight is 380 g/mol. The Labute approximate surface area is 151 Å². The van der Waals surface area contributed by atoms with Crippen LogP contribution in [0.2, 0.25) is 0 Å². The number of furan rings is 1. The molecule has 0 spiro atoms. The van der Waals surface area contributed by atoms with E-state index in [1.54, 1.807) is 46.9 Å². The summed E-state index contributed by atoms with van der Waals surface area (Å²) in [6, 6.07) is 6.88. The zero-order valence-electron chi connectivity index (χ0n) is 13.6. The quantitative estimate of drug-likeness (QED) is 0.781. The summed E-state index contributed by atoms with van der Waals surface area (Å²) in [7, 11) is -3.41. The van der Waals surface area contributed by atoms with Gasteiger partial charge in [0.1, 0.15) is 9.97 Å². The molecular weight excluding hydrogens is 360 g/mol. The fourth-order valence-electron chi connectivity index (χ4n) is 2.72. The second-order valence-corrected chi connectivity index (χ2v) is 8.84. The van der Waals surface area contributed by atoms with E-state index in [1.165, 1.54) is 17.4 Å². The third-order valence-corrected chi connectivity index (χ3v) is 7.00. The lowest BCUT2D eigenvalue weighted by Gasteiger charge is -2.31. The zero-order chi connectivity index (χ0) is 17.7. The van der Waals surface area contributed by atoms with E-state index in [-0.39, 0.29) is 11.8 Å². The molecular formula is C17H20N2O4S2.